The van der Waals surface area contributed by atoms with Crippen LogP contribution >= 0.6 is 0 Å². The second-order valence-corrected chi connectivity index (χ2v) is 8.71. The normalized spacial score (nSPS) is 42.5. The number of ketones is 1. The number of fused-ring (bicyclic) bond motifs is 2. The molecule has 120 valence electrons. The van der Waals surface area contributed by atoms with E-state index in [1.54, 1.807) is 0 Å². The Bertz CT molecular complexity index is 404. The minimum Gasteiger partial charge on any atom is -0.311 e. The molecule has 2 saturated carbocycles. The second kappa shape index (κ2) is 5.66. The third kappa shape index (κ3) is 3.05. The first-order chi connectivity index (χ1) is 9.87. The zero-order valence-electron chi connectivity index (χ0n) is 14.1. The van der Waals surface area contributed by atoms with E-state index in [2.05, 4.69) is 38.3 Å². The van der Waals surface area contributed by atoms with Gasteiger partial charge >= 0.3 is 0 Å². The van der Waals surface area contributed by atoms with Crippen molar-refractivity contribution in [3.8, 4) is 0 Å². The molecule has 0 aromatic rings. The smallest absolute Gasteiger partial charge is 0.139 e. The Hall–Kier alpha value is -0.410. The summed E-state index contributed by atoms with van der Waals surface area (Å²) in [6, 6.07) is 1.86. The standard InChI is InChI=1S/C18H32N2O/c1-11(2)19-17-12-7-5-6-8-13(12)20-14-9-18(3,4)10-15(21)16(14)17/h11-14,16-17,19-20H,5-10H2,1-4H3. The topological polar surface area (TPSA) is 41.1 Å². The summed E-state index contributed by atoms with van der Waals surface area (Å²) in [6.45, 7) is 8.93. The van der Waals surface area contributed by atoms with Crippen LogP contribution in [0.4, 0.5) is 0 Å². The predicted molar refractivity (Wildman–Crippen MR) is 86.2 cm³/mol. The van der Waals surface area contributed by atoms with Crippen LogP contribution in [0.1, 0.15) is 66.2 Å². The van der Waals surface area contributed by atoms with E-state index in [0.717, 1.165) is 12.8 Å². The van der Waals surface area contributed by atoms with Crippen molar-refractivity contribution in [3.63, 3.8) is 0 Å². The van der Waals surface area contributed by atoms with Crippen LogP contribution in [0.2, 0.25) is 0 Å². The molecule has 1 aliphatic heterocycles. The number of rotatable bonds is 2. The lowest BCUT2D eigenvalue weighted by Crippen LogP contribution is -2.68. The molecule has 3 rings (SSSR count). The lowest BCUT2D eigenvalue weighted by Gasteiger charge is -2.54. The van der Waals surface area contributed by atoms with Crippen LogP contribution in [-0.4, -0.2) is 30.0 Å². The average Bonchev–Trinajstić information content (AvgIpc) is 2.35. The highest BCUT2D eigenvalue weighted by atomic mass is 16.1. The van der Waals surface area contributed by atoms with Crippen LogP contribution in [-0.2, 0) is 4.79 Å². The highest BCUT2D eigenvalue weighted by Gasteiger charge is 2.51. The van der Waals surface area contributed by atoms with E-state index in [1.807, 2.05) is 0 Å². The van der Waals surface area contributed by atoms with Gasteiger partial charge in [-0.25, -0.2) is 0 Å². The summed E-state index contributed by atoms with van der Waals surface area (Å²) in [5.41, 5.74) is 0.162. The summed E-state index contributed by atoms with van der Waals surface area (Å²) in [5, 5.41) is 7.66. The van der Waals surface area contributed by atoms with Crippen molar-refractivity contribution in [1.82, 2.24) is 10.6 Å². The molecule has 0 bridgehead atoms. The second-order valence-electron chi connectivity index (χ2n) is 8.71. The SMILES string of the molecule is CC(C)NC1C2CCCCC2NC2CC(C)(C)CC(=O)C21. The molecule has 5 unspecified atom stereocenters. The first-order valence-corrected chi connectivity index (χ1v) is 8.92. The third-order valence-corrected chi connectivity index (χ3v) is 5.85. The minimum atomic E-state index is 0.162. The van der Waals surface area contributed by atoms with Gasteiger partial charge in [-0.3, -0.25) is 4.79 Å². The summed E-state index contributed by atoms with van der Waals surface area (Å²) in [7, 11) is 0. The summed E-state index contributed by atoms with van der Waals surface area (Å²) in [4.78, 5) is 12.8. The van der Waals surface area contributed by atoms with Crippen molar-refractivity contribution < 1.29 is 4.79 Å². The van der Waals surface area contributed by atoms with Crippen molar-refractivity contribution in [2.45, 2.75) is 90.4 Å². The molecule has 21 heavy (non-hydrogen) atoms. The number of hydrogen-bond acceptors (Lipinski definition) is 3. The van der Waals surface area contributed by atoms with Gasteiger partial charge in [-0.05, 0) is 30.6 Å². The summed E-state index contributed by atoms with van der Waals surface area (Å²) < 4.78 is 0. The maximum atomic E-state index is 12.8. The molecule has 1 heterocycles. The highest BCUT2D eigenvalue weighted by Crippen LogP contribution is 2.44. The molecule has 0 radical (unpaired) electrons. The van der Waals surface area contributed by atoms with Crippen LogP contribution in [0.15, 0.2) is 0 Å². The molecular formula is C18H32N2O. The summed E-state index contributed by atoms with van der Waals surface area (Å²) >= 11 is 0. The molecule has 5 atom stereocenters. The Labute approximate surface area is 129 Å². The molecule has 2 N–H and O–H groups in total. The Morgan fingerprint density at radius 3 is 2.62 bits per heavy atom. The quantitative estimate of drug-likeness (QED) is 0.822. The zero-order chi connectivity index (χ0) is 15.2. The average molecular weight is 292 g/mol. The molecule has 0 amide bonds. The van der Waals surface area contributed by atoms with Gasteiger partial charge in [-0.15, -0.1) is 0 Å². The first-order valence-electron chi connectivity index (χ1n) is 8.92. The number of Topliss-reactive ketones (excluding diaryl/α,β-unsaturated/α-hetero) is 1. The van der Waals surface area contributed by atoms with Crippen molar-refractivity contribution >= 4 is 5.78 Å². The van der Waals surface area contributed by atoms with Crippen LogP contribution in [0, 0.1) is 17.3 Å². The Kier molecular flexibility index (Phi) is 4.17. The number of carbonyl (C=O) groups is 1. The van der Waals surface area contributed by atoms with Crippen molar-refractivity contribution in [2.24, 2.45) is 17.3 Å². The molecule has 0 aromatic heterocycles. The van der Waals surface area contributed by atoms with E-state index in [4.69, 9.17) is 0 Å². The number of hydrogen-bond donors (Lipinski definition) is 2. The Morgan fingerprint density at radius 2 is 1.90 bits per heavy atom. The van der Waals surface area contributed by atoms with E-state index >= 15 is 0 Å². The first kappa shape index (κ1) is 15.5. The monoisotopic (exact) mass is 292 g/mol. The van der Waals surface area contributed by atoms with Gasteiger partial charge in [0.15, 0.2) is 0 Å². The zero-order valence-corrected chi connectivity index (χ0v) is 14.1. The molecular weight excluding hydrogens is 260 g/mol. The molecule has 0 spiro atoms. The van der Waals surface area contributed by atoms with E-state index in [0.29, 0.717) is 35.9 Å². The summed E-state index contributed by atoms with van der Waals surface area (Å²) in [6.07, 6.45) is 7.14. The fourth-order valence-corrected chi connectivity index (χ4v) is 5.17. The van der Waals surface area contributed by atoms with Gasteiger partial charge in [0.05, 0.1) is 0 Å². The van der Waals surface area contributed by atoms with E-state index in [-0.39, 0.29) is 11.3 Å². The fraction of sp³-hybridized carbons (Fsp3) is 0.944. The number of nitrogens with one attached hydrogen (secondary N) is 2. The molecule has 3 nitrogen and oxygen atoms in total. The molecule has 0 aromatic carbocycles. The van der Waals surface area contributed by atoms with E-state index < -0.39 is 0 Å². The van der Waals surface area contributed by atoms with Gasteiger partial charge in [-0.2, -0.15) is 0 Å². The van der Waals surface area contributed by atoms with Crippen LogP contribution < -0.4 is 10.6 Å². The maximum absolute atomic E-state index is 12.8. The van der Waals surface area contributed by atoms with Gasteiger partial charge in [0.1, 0.15) is 5.78 Å². The highest BCUT2D eigenvalue weighted by molar-refractivity contribution is 5.84. The fourth-order valence-electron chi connectivity index (χ4n) is 5.17. The van der Waals surface area contributed by atoms with Crippen molar-refractivity contribution in [3.05, 3.63) is 0 Å². The third-order valence-electron chi connectivity index (χ3n) is 5.85. The van der Waals surface area contributed by atoms with Gasteiger partial charge in [0.25, 0.3) is 0 Å². The molecule has 3 heteroatoms. The van der Waals surface area contributed by atoms with E-state index in [1.165, 1.54) is 25.7 Å². The van der Waals surface area contributed by atoms with E-state index in [9.17, 15) is 4.79 Å². The maximum Gasteiger partial charge on any atom is 0.139 e. The number of carbonyl (C=O) groups excluding carboxylic acids is 1. The Balaban J connectivity index is 1.87. The molecule has 3 fully saturated rings. The summed E-state index contributed by atoms with van der Waals surface area (Å²) in [5.74, 6) is 1.33. The lowest BCUT2D eigenvalue weighted by molar-refractivity contribution is -0.134. The van der Waals surface area contributed by atoms with Gasteiger partial charge in [0.2, 0.25) is 0 Å². The van der Waals surface area contributed by atoms with Gasteiger partial charge in [-0.1, -0.05) is 40.5 Å². The van der Waals surface area contributed by atoms with Gasteiger partial charge in [0, 0.05) is 36.5 Å². The van der Waals surface area contributed by atoms with Crippen molar-refractivity contribution in [2.75, 3.05) is 0 Å². The predicted octanol–water partition coefficient (Wildman–Crippen LogP) is 2.89. The lowest BCUT2D eigenvalue weighted by atomic mass is 9.60. The molecule has 3 aliphatic rings. The van der Waals surface area contributed by atoms with Gasteiger partial charge < -0.3 is 10.6 Å². The Morgan fingerprint density at radius 1 is 1.19 bits per heavy atom. The molecule has 1 saturated heterocycles. The molecule has 2 aliphatic carbocycles. The van der Waals surface area contributed by atoms with Crippen molar-refractivity contribution in [1.29, 1.82) is 0 Å². The largest absolute Gasteiger partial charge is 0.311 e. The van der Waals surface area contributed by atoms with Crippen LogP contribution in [0.25, 0.3) is 0 Å². The van der Waals surface area contributed by atoms with Crippen LogP contribution in [0.5, 0.6) is 0 Å². The van der Waals surface area contributed by atoms with Crippen LogP contribution in [0.3, 0.4) is 0 Å². The number of piperidine rings is 1. The minimum absolute atomic E-state index is 0.162.